The number of halogens is 2. The minimum Gasteiger partial charge on any atom is -0.396 e. The molecule has 17 heavy (non-hydrogen) atoms. The van der Waals surface area contributed by atoms with Crippen LogP contribution in [0.4, 0.5) is 4.39 Å². The molecule has 0 aliphatic rings. The summed E-state index contributed by atoms with van der Waals surface area (Å²) < 4.78 is 15.4. The molecule has 0 fully saturated rings. The zero-order chi connectivity index (χ0) is 12.4. The molecule has 0 spiro atoms. The van der Waals surface area contributed by atoms with Crippen molar-refractivity contribution in [3.8, 4) is 5.69 Å². The van der Waals surface area contributed by atoms with Gasteiger partial charge in [-0.05, 0) is 34.5 Å². The van der Waals surface area contributed by atoms with Crippen molar-refractivity contribution in [2.45, 2.75) is 13.3 Å². The number of nitrogens with zero attached hydrogens (tertiary/aromatic N) is 3. The molecule has 0 saturated heterocycles. The molecular weight excluding hydrogens is 289 g/mol. The van der Waals surface area contributed by atoms with Gasteiger partial charge in [0.1, 0.15) is 5.82 Å². The Morgan fingerprint density at radius 1 is 1.47 bits per heavy atom. The average Bonchev–Trinajstić information content (AvgIpc) is 2.72. The minimum atomic E-state index is -0.343. The van der Waals surface area contributed by atoms with E-state index in [1.165, 1.54) is 10.7 Å². The van der Waals surface area contributed by atoms with Crippen LogP contribution in [0.25, 0.3) is 5.69 Å². The lowest BCUT2D eigenvalue weighted by atomic mass is 10.2. The fraction of sp³-hybridized carbons (Fsp3) is 0.273. The van der Waals surface area contributed by atoms with Crippen LogP contribution < -0.4 is 0 Å². The fourth-order valence-electron chi connectivity index (χ4n) is 1.53. The predicted molar refractivity (Wildman–Crippen MR) is 64.5 cm³/mol. The number of aromatic nitrogens is 3. The Morgan fingerprint density at radius 3 is 2.94 bits per heavy atom. The van der Waals surface area contributed by atoms with Crippen molar-refractivity contribution in [3.63, 3.8) is 0 Å². The van der Waals surface area contributed by atoms with Crippen molar-refractivity contribution in [2.75, 3.05) is 6.61 Å². The zero-order valence-electron chi connectivity index (χ0n) is 9.19. The molecule has 0 radical (unpaired) electrons. The topological polar surface area (TPSA) is 50.9 Å². The average molecular weight is 300 g/mol. The molecule has 0 unspecified atom stereocenters. The summed E-state index contributed by atoms with van der Waals surface area (Å²) in [7, 11) is 0. The summed E-state index contributed by atoms with van der Waals surface area (Å²) in [5.41, 5.74) is 2.20. The van der Waals surface area contributed by atoms with Gasteiger partial charge in [0.15, 0.2) is 0 Å². The van der Waals surface area contributed by atoms with Crippen LogP contribution in [0.1, 0.15) is 11.3 Å². The standard InChI is InChI=1S/C11H11BrFN3O/c1-7-4-9(12)10(13)5-11(7)16-6-8(2-3-17)14-15-16/h4-6,17H,2-3H2,1H3. The highest BCUT2D eigenvalue weighted by Crippen LogP contribution is 2.22. The van der Waals surface area contributed by atoms with Crippen LogP contribution in [-0.2, 0) is 6.42 Å². The van der Waals surface area contributed by atoms with E-state index < -0.39 is 0 Å². The van der Waals surface area contributed by atoms with E-state index in [9.17, 15) is 4.39 Å². The molecular formula is C11H11BrFN3O. The summed E-state index contributed by atoms with van der Waals surface area (Å²) in [4.78, 5) is 0. The fourth-order valence-corrected chi connectivity index (χ4v) is 1.99. The number of hydrogen-bond acceptors (Lipinski definition) is 3. The second kappa shape index (κ2) is 4.93. The van der Waals surface area contributed by atoms with E-state index >= 15 is 0 Å². The number of aliphatic hydroxyl groups excluding tert-OH is 1. The van der Waals surface area contributed by atoms with Crippen LogP contribution in [0.3, 0.4) is 0 Å². The molecule has 0 aliphatic carbocycles. The first kappa shape index (κ1) is 12.2. The molecule has 4 nitrogen and oxygen atoms in total. The molecule has 0 bridgehead atoms. The lowest BCUT2D eigenvalue weighted by molar-refractivity contribution is 0.298. The van der Waals surface area contributed by atoms with Crippen LogP contribution in [0.15, 0.2) is 22.8 Å². The molecule has 1 aromatic heterocycles. The van der Waals surface area contributed by atoms with Gasteiger partial charge in [0.2, 0.25) is 0 Å². The number of aryl methyl sites for hydroxylation is 1. The molecule has 2 rings (SSSR count). The molecule has 6 heteroatoms. The van der Waals surface area contributed by atoms with Gasteiger partial charge in [-0.25, -0.2) is 9.07 Å². The Hall–Kier alpha value is -1.27. The second-order valence-corrected chi connectivity index (χ2v) is 4.54. The Kier molecular flexibility index (Phi) is 3.54. The normalized spacial score (nSPS) is 10.8. The molecule has 1 aromatic carbocycles. The molecule has 0 saturated carbocycles. The van der Waals surface area contributed by atoms with Crippen molar-refractivity contribution >= 4 is 15.9 Å². The number of rotatable bonds is 3. The van der Waals surface area contributed by atoms with Crippen molar-refractivity contribution in [1.29, 1.82) is 0 Å². The van der Waals surface area contributed by atoms with Gasteiger partial charge in [-0.15, -0.1) is 5.10 Å². The van der Waals surface area contributed by atoms with E-state index in [1.807, 2.05) is 6.92 Å². The summed E-state index contributed by atoms with van der Waals surface area (Å²) >= 11 is 3.13. The first-order valence-electron chi connectivity index (χ1n) is 5.10. The van der Waals surface area contributed by atoms with E-state index in [-0.39, 0.29) is 12.4 Å². The van der Waals surface area contributed by atoms with Crippen molar-refractivity contribution in [1.82, 2.24) is 15.0 Å². The maximum Gasteiger partial charge on any atom is 0.139 e. The maximum absolute atomic E-state index is 13.5. The molecule has 0 atom stereocenters. The Balaban J connectivity index is 2.41. The number of aliphatic hydroxyl groups is 1. The van der Waals surface area contributed by atoms with Crippen molar-refractivity contribution < 1.29 is 9.50 Å². The monoisotopic (exact) mass is 299 g/mol. The highest BCUT2D eigenvalue weighted by molar-refractivity contribution is 9.10. The smallest absolute Gasteiger partial charge is 0.139 e. The van der Waals surface area contributed by atoms with Crippen molar-refractivity contribution in [2.24, 2.45) is 0 Å². The molecule has 90 valence electrons. The third-order valence-electron chi connectivity index (χ3n) is 2.39. The quantitative estimate of drug-likeness (QED) is 0.943. The van der Waals surface area contributed by atoms with E-state index in [0.29, 0.717) is 22.3 Å². The van der Waals surface area contributed by atoms with Gasteiger partial charge >= 0.3 is 0 Å². The lowest BCUT2D eigenvalue weighted by Gasteiger charge is -2.06. The van der Waals surface area contributed by atoms with Gasteiger partial charge in [-0.1, -0.05) is 5.21 Å². The van der Waals surface area contributed by atoms with E-state index in [4.69, 9.17) is 5.11 Å². The van der Waals surface area contributed by atoms with Crippen LogP contribution >= 0.6 is 15.9 Å². The van der Waals surface area contributed by atoms with Crippen LogP contribution in [-0.4, -0.2) is 26.7 Å². The molecule has 2 aromatic rings. The Bertz CT molecular complexity index is 542. The number of benzene rings is 1. The summed E-state index contributed by atoms with van der Waals surface area (Å²) in [5, 5.41) is 16.6. The third-order valence-corrected chi connectivity index (χ3v) is 3.00. The molecule has 0 aliphatic heterocycles. The second-order valence-electron chi connectivity index (χ2n) is 3.68. The summed E-state index contributed by atoms with van der Waals surface area (Å²) in [6.45, 7) is 1.89. The van der Waals surface area contributed by atoms with Gasteiger partial charge < -0.3 is 5.11 Å². The van der Waals surface area contributed by atoms with Gasteiger partial charge in [0, 0.05) is 19.1 Å². The lowest BCUT2D eigenvalue weighted by Crippen LogP contribution is -1.99. The Morgan fingerprint density at radius 2 is 2.24 bits per heavy atom. The van der Waals surface area contributed by atoms with E-state index in [2.05, 4.69) is 26.2 Å². The van der Waals surface area contributed by atoms with Gasteiger partial charge in [-0.2, -0.15) is 0 Å². The predicted octanol–water partition coefficient (Wildman–Crippen LogP) is 2.01. The SMILES string of the molecule is Cc1cc(Br)c(F)cc1-n1cc(CCO)nn1. The summed E-state index contributed by atoms with van der Waals surface area (Å²) in [6.07, 6.45) is 2.13. The number of hydrogen-bond donors (Lipinski definition) is 1. The largest absolute Gasteiger partial charge is 0.396 e. The molecule has 1 N–H and O–H groups in total. The highest BCUT2D eigenvalue weighted by atomic mass is 79.9. The maximum atomic E-state index is 13.5. The molecule has 1 heterocycles. The minimum absolute atomic E-state index is 0.0202. The highest BCUT2D eigenvalue weighted by Gasteiger charge is 2.09. The first-order chi connectivity index (χ1) is 8.11. The van der Waals surface area contributed by atoms with E-state index in [0.717, 1.165) is 5.56 Å². The molecule has 0 amide bonds. The summed E-state index contributed by atoms with van der Waals surface area (Å²) in [6, 6.07) is 3.09. The van der Waals surface area contributed by atoms with Crippen LogP contribution in [0.2, 0.25) is 0 Å². The zero-order valence-corrected chi connectivity index (χ0v) is 10.8. The van der Waals surface area contributed by atoms with Gasteiger partial charge in [0.05, 0.1) is 22.1 Å². The van der Waals surface area contributed by atoms with Gasteiger partial charge in [-0.3, -0.25) is 0 Å². The van der Waals surface area contributed by atoms with Crippen molar-refractivity contribution in [3.05, 3.63) is 39.9 Å². The third kappa shape index (κ3) is 2.53. The summed E-state index contributed by atoms with van der Waals surface area (Å²) in [5.74, 6) is -0.343. The Labute approximate surface area is 106 Å². The van der Waals surface area contributed by atoms with E-state index in [1.54, 1.807) is 12.3 Å². The van der Waals surface area contributed by atoms with Gasteiger partial charge in [0.25, 0.3) is 0 Å². The first-order valence-corrected chi connectivity index (χ1v) is 5.89. The van der Waals surface area contributed by atoms with Crippen LogP contribution in [0.5, 0.6) is 0 Å². The van der Waals surface area contributed by atoms with Crippen LogP contribution in [0, 0.1) is 12.7 Å².